The van der Waals surface area contributed by atoms with Gasteiger partial charge in [-0.15, -0.1) is 0 Å². The molecule has 0 aliphatic carbocycles. The molecule has 4 rings (SSSR count). The molecule has 0 spiro atoms. The topological polar surface area (TPSA) is 61.0 Å². The molecule has 2 heterocycles. The van der Waals surface area contributed by atoms with Crippen LogP contribution < -0.4 is 4.74 Å². The molecule has 0 radical (unpaired) electrons. The number of aromatic nitrogens is 3. The number of pyridine rings is 1. The lowest BCUT2D eigenvalue weighted by Gasteiger charge is -2.07. The highest BCUT2D eigenvalue weighted by Gasteiger charge is 2.17. The van der Waals surface area contributed by atoms with Crippen molar-refractivity contribution in [3.63, 3.8) is 0 Å². The largest absolute Gasteiger partial charge is 0.480 e. The summed E-state index contributed by atoms with van der Waals surface area (Å²) in [5.74, 6) is 1.43. The average molecular weight is 331 g/mol. The Hall–Kier alpha value is -3.21. The van der Waals surface area contributed by atoms with E-state index in [0.29, 0.717) is 23.2 Å². The van der Waals surface area contributed by atoms with Crippen molar-refractivity contribution in [2.45, 2.75) is 13.8 Å². The molecule has 0 saturated heterocycles. The Morgan fingerprint density at radius 1 is 0.920 bits per heavy atom. The van der Waals surface area contributed by atoms with Crippen molar-refractivity contribution in [2.75, 3.05) is 7.11 Å². The van der Waals surface area contributed by atoms with Gasteiger partial charge in [0.25, 0.3) is 5.89 Å². The number of hydrogen-bond donors (Lipinski definition) is 0. The van der Waals surface area contributed by atoms with Gasteiger partial charge in [-0.05, 0) is 43.7 Å². The van der Waals surface area contributed by atoms with E-state index in [9.17, 15) is 0 Å². The molecular weight excluding hydrogens is 314 g/mol. The molecule has 2 aromatic heterocycles. The summed E-state index contributed by atoms with van der Waals surface area (Å²) < 4.78 is 10.9. The third kappa shape index (κ3) is 2.74. The van der Waals surface area contributed by atoms with Crippen molar-refractivity contribution >= 4 is 10.9 Å². The molecule has 0 aliphatic heterocycles. The number of rotatable bonds is 3. The first kappa shape index (κ1) is 15.3. The highest BCUT2D eigenvalue weighted by molar-refractivity contribution is 5.85. The van der Waals surface area contributed by atoms with E-state index in [1.54, 1.807) is 7.11 Å². The van der Waals surface area contributed by atoms with Crippen LogP contribution >= 0.6 is 0 Å². The minimum Gasteiger partial charge on any atom is -0.480 e. The van der Waals surface area contributed by atoms with Crippen molar-refractivity contribution in [1.82, 2.24) is 15.1 Å². The first-order valence-corrected chi connectivity index (χ1v) is 8.01. The standard InChI is InChI=1S/C20H17N3O2/c1-12-8-9-17-14(10-12)11-16(19(21-17)24-3)18-22-20(25-23-18)15-7-5-4-6-13(15)2/h4-11H,1-3H3. The molecule has 25 heavy (non-hydrogen) atoms. The molecule has 0 amide bonds. The summed E-state index contributed by atoms with van der Waals surface area (Å²) >= 11 is 0. The van der Waals surface area contributed by atoms with Crippen molar-refractivity contribution in [3.8, 4) is 28.7 Å². The number of hydrogen-bond acceptors (Lipinski definition) is 5. The number of nitrogens with zero attached hydrogens (tertiary/aromatic N) is 3. The van der Waals surface area contributed by atoms with Gasteiger partial charge in [0.1, 0.15) is 0 Å². The first-order valence-electron chi connectivity index (χ1n) is 8.01. The molecule has 5 nitrogen and oxygen atoms in total. The SMILES string of the molecule is COc1nc2ccc(C)cc2cc1-c1noc(-c2ccccc2C)n1. The maximum absolute atomic E-state index is 5.48. The van der Waals surface area contributed by atoms with E-state index in [1.165, 1.54) is 5.56 Å². The Bertz CT molecular complexity index is 1070. The maximum atomic E-state index is 5.48. The zero-order valence-electron chi connectivity index (χ0n) is 14.3. The van der Waals surface area contributed by atoms with Crippen LogP contribution in [0.4, 0.5) is 0 Å². The predicted octanol–water partition coefficient (Wildman–Crippen LogP) is 4.58. The summed E-state index contributed by atoms with van der Waals surface area (Å²) in [6, 6.07) is 16.0. The Labute approximate surface area is 145 Å². The minimum atomic E-state index is 0.464. The lowest BCUT2D eigenvalue weighted by atomic mass is 10.1. The lowest BCUT2D eigenvalue weighted by Crippen LogP contribution is -1.94. The Morgan fingerprint density at radius 2 is 1.76 bits per heavy atom. The van der Waals surface area contributed by atoms with Gasteiger partial charge in [0.2, 0.25) is 11.7 Å². The molecule has 2 aromatic carbocycles. The monoisotopic (exact) mass is 331 g/mol. The second kappa shape index (κ2) is 6.02. The van der Waals surface area contributed by atoms with E-state index in [4.69, 9.17) is 9.26 Å². The molecular formula is C20H17N3O2. The fraction of sp³-hybridized carbons (Fsp3) is 0.150. The molecule has 0 atom stereocenters. The van der Waals surface area contributed by atoms with Gasteiger partial charge in [0.05, 0.1) is 18.2 Å². The van der Waals surface area contributed by atoms with Crippen molar-refractivity contribution in [2.24, 2.45) is 0 Å². The van der Waals surface area contributed by atoms with E-state index in [1.807, 2.05) is 56.3 Å². The summed E-state index contributed by atoms with van der Waals surface area (Å²) in [6.07, 6.45) is 0. The van der Waals surface area contributed by atoms with Gasteiger partial charge >= 0.3 is 0 Å². The summed E-state index contributed by atoms with van der Waals surface area (Å²) in [4.78, 5) is 9.12. The zero-order valence-corrected chi connectivity index (χ0v) is 14.3. The Balaban J connectivity index is 1.86. The van der Waals surface area contributed by atoms with Crippen LogP contribution in [0.5, 0.6) is 5.88 Å². The fourth-order valence-electron chi connectivity index (χ4n) is 2.85. The number of aryl methyl sites for hydroxylation is 2. The van der Waals surface area contributed by atoms with Crippen LogP contribution in [0.3, 0.4) is 0 Å². The lowest BCUT2D eigenvalue weighted by molar-refractivity contribution is 0.399. The maximum Gasteiger partial charge on any atom is 0.258 e. The third-order valence-corrected chi connectivity index (χ3v) is 4.17. The van der Waals surface area contributed by atoms with Gasteiger partial charge in [-0.25, -0.2) is 4.98 Å². The van der Waals surface area contributed by atoms with Crippen molar-refractivity contribution in [3.05, 3.63) is 59.7 Å². The third-order valence-electron chi connectivity index (χ3n) is 4.17. The van der Waals surface area contributed by atoms with E-state index < -0.39 is 0 Å². The average Bonchev–Trinajstić information content (AvgIpc) is 3.10. The summed E-state index contributed by atoms with van der Waals surface area (Å²) in [6.45, 7) is 4.06. The quantitative estimate of drug-likeness (QED) is 0.550. The highest BCUT2D eigenvalue weighted by atomic mass is 16.5. The highest BCUT2D eigenvalue weighted by Crippen LogP contribution is 2.32. The molecule has 0 aliphatic rings. The van der Waals surface area contributed by atoms with Crippen LogP contribution in [0, 0.1) is 13.8 Å². The molecule has 4 aromatic rings. The molecule has 124 valence electrons. The van der Waals surface area contributed by atoms with E-state index in [2.05, 4.69) is 21.2 Å². The summed E-state index contributed by atoms with van der Waals surface area (Å²) in [5, 5.41) is 5.15. The van der Waals surface area contributed by atoms with Crippen LogP contribution in [0.2, 0.25) is 0 Å². The smallest absolute Gasteiger partial charge is 0.258 e. The van der Waals surface area contributed by atoms with E-state index >= 15 is 0 Å². The van der Waals surface area contributed by atoms with Crippen LogP contribution in [0.25, 0.3) is 33.7 Å². The van der Waals surface area contributed by atoms with Gasteiger partial charge in [-0.1, -0.05) is 35.0 Å². The van der Waals surface area contributed by atoms with Gasteiger partial charge in [-0.3, -0.25) is 0 Å². The predicted molar refractivity (Wildman–Crippen MR) is 96.5 cm³/mol. The number of methoxy groups -OCH3 is 1. The summed E-state index contributed by atoms with van der Waals surface area (Å²) in [7, 11) is 1.59. The zero-order chi connectivity index (χ0) is 17.4. The van der Waals surface area contributed by atoms with Crippen molar-refractivity contribution < 1.29 is 9.26 Å². The normalized spacial score (nSPS) is 11.0. The van der Waals surface area contributed by atoms with Crippen LogP contribution in [-0.4, -0.2) is 22.2 Å². The van der Waals surface area contributed by atoms with Crippen LogP contribution in [0.1, 0.15) is 11.1 Å². The number of ether oxygens (including phenoxy) is 1. The molecule has 0 saturated carbocycles. The summed E-state index contributed by atoms with van der Waals surface area (Å²) in [5.41, 5.74) is 4.75. The molecule has 0 bridgehead atoms. The fourth-order valence-corrected chi connectivity index (χ4v) is 2.85. The van der Waals surface area contributed by atoms with Gasteiger partial charge < -0.3 is 9.26 Å². The second-order valence-corrected chi connectivity index (χ2v) is 5.98. The second-order valence-electron chi connectivity index (χ2n) is 5.98. The van der Waals surface area contributed by atoms with Gasteiger partial charge in [-0.2, -0.15) is 4.98 Å². The Kier molecular flexibility index (Phi) is 3.69. The minimum absolute atomic E-state index is 0.464. The Morgan fingerprint density at radius 3 is 2.56 bits per heavy atom. The number of fused-ring (bicyclic) bond motifs is 1. The van der Waals surface area contributed by atoms with Gasteiger partial charge in [0.15, 0.2) is 0 Å². The molecule has 0 N–H and O–H groups in total. The first-order chi connectivity index (χ1) is 12.2. The molecule has 0 fully saturated rings. The molecule has 0 unspecified atom stereocenters. The number of benzene rings is 2. The van der Waals surface area contributed by atoms with E-state index in [-0.39, 0.29) is 0 Å². The van der Waals surface area contributed by atoms with Crippen LogP contribution in [-0.2, 0) is 0 Å². The van der Waals surface area contributed by atoms with Crippen LogP contribution in [0.15, 0.2) is 53.1 Å². The van der Waals surface area contributed by atoms with Gasteiger partial charge in [0, 0.05) is 10.9 Å². The molecule has 5 heteroatoms. The van der Waals surface area contributed by atoms with E-state index in [0.717, 1.165) is 22.0 Å². The van der Waals surface area contributed by atoms with Crippen molar-refractivity contribution in [1.29, 1.82) is 0 Å².